The van der Waals surface area contributed by atoms with Crippen molar-refractivity contribution in [2.24, 2.45) is 4.99 Å². The lowest BCUT2D eigenvalue weighted by molar-refractivity contribution is 0.443. The maximum absolute atomic E-state index is 12.3. The lowest BCUT2D eigenvalue weighted by Gasteiger charge is -2.28. The molecule has 5 aromatic carbocycles. The molecule has 7 aromatic rings. The second-order valence-corrected chi connectivity index (χ2v) is 18.7. The number of nitrogens with zero attached hydrogens (tertiary/aromatic N) is 3. The zero-order valence-electron chi connectivity index (χ0n) is 35.6. The van der Waals surface area contributed by atoms with E-state index in [2.05, 4.69) is 165 Å². The summed E-state index contributed by atoms with van der Waals surface area (Å²) in [6.45, 7) is 19.0. The summed E-state index contributed by atoms with van der Waals surface area (Å²) in [4.78, 5) is 15.3. The van der Waals surface area contributed by atoms with Crippen LogP contribution in [0, 0.1) is 0 Å². The Labute approximate surface area is 350 Å². The maximum atomic E-state index is 12.3. The Hall–Kier alpha value is -6.27. The van der Waals surface area contributed by atoms with Gasteiger partial charge in [-0.15, -0.1) is 0 Å². The van der Waals surface area contributed by atoms with E-state index < -0.39 is 6.92 Å². The van der Waals surface area contributed by atoms with E-state index in [0.29, 0.717) is 16.8 Å². The number of hydrogen-bond acceptors (Lipinski definition) is 5. The summed E-state index contributed by atoms with van der Waals surface area (Å²) in [6.07, 6.45) is 3.69. The van der Waals surface area contributed by atoms with E-state index in [1.54, 1.807) is 0 Å². The number of aromatic hydroxyl groups is 1. The molecule has 5 nitrogen and oxygen atoms in total. The number of aliphatic imine (C=N–C) groups is 1. The Kier molecular flexibility index (Phi) is 10.2. The van der Waals surface area contributed by atoms with E-state index in [-0.39, 0.29) is 22.0 Å². The van der Waals surface area contributed by atoms with Gasteiger partial charge in [0.25, 0.3) is 0 Å². The first kappa shape index (κ1) is 39.6. The van der Waals surface area contributed by atoms with Crippen LogP contribution >= 0.6 is 0 Å². The minimum absolute atomic E-state index is 0.191. The molecular weight excluding hydrogens is 721 g/mol. The lowest BCUT2D eigenvalue weighted by atomic mass is 9.57. The van der Waals surface area contributed by atoms with Crippen LogP contribution in [0.25, 0.3) is 44.6 Å². The molecule has 0 amide bonds. The fourth-order valence-electron chi connectivity index (χ4n) is 7.94. The molecule has 2 aromatic heterocycles. The van der Waals surface area contributed by atoms with Gasteiger partial charge in [0.05, 0.1) is 22.6 Å². The van der Waals surface area contributed by atoms with Gasteiger partial charge >= 0.3 is 6.92 Å². The van der Waals surface area contributed by atoms with Gasteiger partial charge in [-0.25, -0.2) is 0 Å². The van der Waals surface area contributed by atoms with Crippen LogP contribution in [0.15, 0.2) is 151 Å². The molecule has 0 bridgehead atoms. The first-order chi connectivity index (χ1) is 28.1. The third kappa shape index (κ3) is 7.84. The van der Waals surface area contributed by atoms with Gasteiger partial charge in [0.2, 0.25) is 0 Å². The summed E-state index contributed by atoms with van der Waals surface area (Å²) in [5, 5.41) is 12.3. The van der Waals surface area contributed by atoms with Crippen LogP contribution in [0.1, 0.15) is 84.6 Å². The number of phenolic OH excluding ortho intramolecular Hbond substituents is 1. The van der Waals surface area contributed by atoms with Crippen molar-refractivity contribution in [1.29, 1.82) is 0 Å². The molecule has 0 fully saturated rings. The normalized spacial score (nSPS) is 13.0. The molecule has 6 heteroatoms. The van der Waals surface area contributed by atoms with E-state index in [9.17, 15) is 5.11 Å². The highest BCUT2D eigenvalue weighted by Gasteiger charge is 2.42. The first-order valence-corrected chi connectivity index (χ1v) is 20.5. The van der Waals surface area contributed by atoms with Crippen molar-refractivity contribution in [3.05, 3.63) is 168 Å². The van der Waals surface area contributed by atoms with Crippen LogP contribution in [-0.4, -0.2) is 27.6 Å². The number of aromatic nitrogens is 2. The average Bonchev–Trinajstić information content (AvgIpc) is 3.58. The minimum Gasteiger partial charge on any atom is -0.549 e. The molecule has 3 heterocycles. The van der Waals surface area contributed by atoms with Crippen molar-refractivity contribution in [3.63, 3.8) is 0 Å². The van der Waals surface area contributed by atoms with E-state index in [4.69, 9.17) is 19.6 Å². The van der Waals surface area contributed by atoms with E-state index >= 15 is 0 Å². The molecule has 0 saturated heterocycles. The van der Waals surface area contributed by atoms with Crippen molar-refractivity contribution in [1.82, 2.24) is 9.97 Å². The fraction of sp³-hybridized carbons (Fsp3) is 0.226. The Morgan fingerprint density at radius 3 is 1.80 bits per heavy atom. The van der Waals surface area contributed by atoms with Crippen LogP contribution in [0.4, 0.5) is 5.69 Å². The molecule has 1 aliphatic heterocycles. The number of phenols is 1. The molecule has 0 unspecified atom stereocenters. The second kappa shape index (κ2) is 15.2. The van der Waals surface area contributed by atoms with Crippen molar-refractivity contribution in [3.8, 4) is 56.1 Å². The second-order valence-electron chi connectivity index (χ2n) is 18.7. The van der Waals surface area contributed by atoms with Gasteiger partial charge in [-0.05, 0) is 97.7 Å². The van der Waals surface area contributed by atoms with Gasteiger partial charge in [-0.1, -0.05) is 153 Å². The van der Waals surface area contributed by atoms with Crippen LogP contribution < -0.4 is 10.2 Å². The molecule has 0 spiro atoms. The first-order valence-electron chi connectivity index (χ1n) is 20.5. The standard InChI is InChI=1S/C53H52BN3O2/c1-51(2,3)38-32-42(48(58)44(33-38)53(7,8)9)49-54(59-46-26-24-36(31-43(46)52(4,5)6)34-18-12-10-13-19-34)50-47(57-49)40(27-29-56-50)37-23-25-39(35-20-14-11-15-21-35)41(30-37)45-22-16-17-28-55-45/h10-33,58H,1-9H3. The van der Waals surface area contributed by atoms with Crippen molar-refractivity contribution in [2.75, 3.05) is 0 Å². The van der Waals surface area contributed by atoms with Crippen LogP contribution in [0.2, 0.25) is 0 Å². The predicted octanol–water partition coefficient (Wildman–Crippen LogP) is 12.7. The molecule has 1 N–H and O–H groups in total. The van der Waals surface area contributed by atoms with Gasteiger partial charge in [0.15, 0.2) is 0 Å². The highest BCUT2D eigenvalue weighted by molar-refractivity contribution is 7.01. The van der Waals surface area contributed by atoms with E-state index in [1.165, 1.54) is 0 Å². The predicted molar refractivity (Wildman–Crippen MR) is 247 cm³/mol. The molecule has 59 heavy (non-hydrogen) atoms. The zero-order valence-corrected chi connectivity index (χ0v) is 35.6. The SMILES string of the molecule is CC(C)(C)c1cc(C2=Nc3c(-c4ccc(-c5ccccc5)c(-c5ccccn5)c4)ccnc3B2Oc2ccc(-c3ccccc3)cc2C(C)(C)C)c(O)c(C(C)(C)C)c1. The highest BCUT2D eigenvalue weighted by atomic mass is 16.4. The molecule has 1 aliphatic rings. The number of hydrogen-bond donors (Lipinski definition) is 1. The summed E-state index contributed by atoms with van der Waals surface area (Å²) in [6, 6.07) is 46.1. The van der Waals surface area contributed by atoms with Gasteiger partial charge in [-0.2, -0.15) is 0 Å². The fourth-order valence-corrected chi connectivity index (χ4v) is 7.94. The van der Waals surface area contributed by atoms with Crippen molar-refractivity contribution < 1.29 is 9.76 Å². The molecule has 0 aliphatic carbocycles. The van der Waals surface area contributed by atoms with Gasteiger partial charge in [-0.3, -0.25) is 15.0 Å². The molecular formula is C53H52BN3O2. The van der Waals surface area contributed by atoms with Crippen molar-refractivity contribution in [2.45, 2.75) is 78.6 Å². The van der Waals surface area contributed by atoms with E-state index in [0.717, 1.165) is 72.8 Å². The maximum Gasteiger partial charge on any atom is 0.468 e. The summed E-state index contributed by atoms with van der Waals surface area (Å²) in [5.41, 5.74) is 13.3. The smallest absolute Gasteiger partial charge is 0.468 e. The van der Waals surface area contributed by atoms with Gasteiger partial charge in [0.1, 0.15) is 11.5 Å². The molecule has 0 atom stereocenters. The minimum atomic E-state index is -0.707. The molecule has 8 rings (SSSR count). The van der Waals surface area contributed by atoms with Crippen LogP contribution in [0.3, 0.4) is 0 Å². The van der Waals surface area contributed by atoms with E-state index in [1.807, 2.05) is 42.7 Å². The Bertz CT molecular complexity index is 2690. The zero-order chi connectivity index (χ0) is 41.7. The number of benzene rings is 5. The molecule has 294 valence electrons. The Morgan fingerprint density at radius 2 is 1.15 bits per heavy atom. The largest absolute Gasteiger partial charge is 0.549 e. The number of rotatable bonds is 7. The van der Waals surface area contributed by atoms with Crippen LogP contribution in [0.5, 0.6) is 11.5 Å². The Morgan fingerprint density at radius 1 is 0.492 bits per heavy atom. The van der Waals surface area contributed by atoms with Crippen LogP contribution in [-0.2, 0) is 16.2 Å². The van der Waals surface area contributed by atoms with Gasteiger partial charge < -0.3 is 9.76 Å². The highest BCUT2D eigenvalue weighted by Crippen LogP contribution is 2.43. The average molecular weight is 774 g/mol. The molecule has 0 saturated carbocycles. The van der Waals surface area contributed by atoms with Crippen molar-refractivity contribution >= 4 is 23.8 Å². The summed E-state index contributed by atoms with van der Waals surface area (Å²) >= 11 is 0. The summed E-state index contributed by atoms with van der Waals surface area (Å²) in [7, 11) is 0. The Balaban J connectivity index is 1.35. The third-order valence-electron chi connectivity index (χ3n) is 11.2. The topological polar surface area (TPSA) is 67.6 Å². The lowest BCUT2D eigenvalue weighted by Crippen LogP contribution is -2.44. The monoisotopic (exact) mass is 773 g/mol. The number of fused-ring (bicyclic) bond motifs is 1. The summed E-state index contributed by atoms with van der Waals surface area (Å²) in [5.74, 6) is 0.967. The summed E-state index contributed by atoms with van der Waals surface area (Å²) < 4.78 is 7.27. The third-order valence-corrected chi connectivity index (χ3v) is 11.2. The number of pyridine rings is 2. The quantitative estimate of drug-likeness (QED) is 0.164. The molecule has 0 radical (unpaired) electrons. The van der Waals surface area contributed by atoms with Gasteiger partial charge in [0, 0.05) is 34.6 Å².